The predicted molar refractivity (Wildman–Crippen MR) is 83.9 cm³/mol. The van der Waals surface area contributed by atoms with E-state index in [1.807, 2.05) is 0 Å². The average Bonchev–Trinajstić information content (AvgIpc) is 2.93. The Hall–Kier alpha value is -2.96. The summed E-state index contributed by atoms with van der Waals surface area (Å²) in [5.74, 6) is -2.87. The molecular formula is C18H11F4NO2. The van der Waals surface area contributed by atoms with Crippen LogP contribution in [0.2, 0.25) is 0 Å². The number of hydrogen-bond acceptors (Lipinski definition) is 2. The van der Waals surface area contributed by atoms with Crippen LogP contribution in [0.3, 0.4) is 0 Å². The van der Waals surface area contributed by atoms with Gasteiger partial charge in [-0.25, -0.2) is 9.38 Å². The summed E-state index contributed by atoms with van der Waals surface area (Å²) in [5.41, 5.74) is -1.11. The number of furan rings is 1. The van der Waals surface area contributed by atoms with E-state index in [9.17, 15) is 22.4 Å². The Morgan fingerprint density at radius 2 is 1.68 bits per heavy atom. The van der Waals surface area contributed by atoms with Gasteiger partial charge < -0.3 is 4.42 Å². The van der Waals surface area contributed by atoms with Crippen molar-refractivity contribution in [2.45, 2.75) is 13.1 Å². The molecule has 0 radical (unpaired) electrons. The summed E-state index contributed by atoms with van der Waals surface area (Å²) < 4.78 is 59.6. The van der Waals surface area contributed by atoms with Crippen molar-refractivity contribution in [2.75, 3.05) is 0 Å². The third kappa shape index (κ3) is 3.17. The van der Waals surface area contributed by atoms with Gasteiger partial charge in [-0.15, -0.1) is 0 Å². The van der Waals surface area contributed by atoms with Gasteiger partial charge in [-0.05, 0) is 18.2 Å². The highest BCUT2D eigenvalue weighted by Gasteiger charge is 2.41. The topological polar surface area (TPSA) is 42.6 Å². The van der Waals surface area contributed by atoms with E-state index in [0.717, 1.165) is 13.0 Å². The van der Waals surface area contributed by atoms with E-state index < -0.39 is 34.9 Å². The molecule has 0 spiro atoms. The van der Waals surface area contributed by atoms with Crippen LogP contribution in [0.1, 0.15) is 23.8 Å². The predicted octanol–water partition coefficient (Wildman–Crippen LogP) is 4.97. The lowest BCUT2D eigenvalue weighted by Crippen LogP contribution is -2.15. The van der Waals surface area contributed by atoms with E-state index in [-0.39, 0.29) is 16.5 Å². The van der Waals surface area contributed by atoms with Gasteiger partial charge in [0.25, 0.3) is 0 Å². The summed E-state index contributed by atoms with van der Waals surface area (Å²) in [5, 5.41) is 0.0954. The van der Waals surface area contributed by atoms with Crippen molar-refractivity contribution in [3.63, 3.8) is 0 Å². The second kappa shape index (κ2) is 6.16. The standard InChI is InChI=1S/C18H11F4NO2/c1-10(24)23-16(11-6-2-4-8-13(11)19)15-12-7-3-5-9-14(12)25-17(15)18(20,21)22/h2-9H,1H3. The van der Waals surface area contributed by atoms with Crippen molar-refractivity contribution in [1.82, 2.24) is 0 Å². The first-order valence-corrected chi connectivity index (χ1v) is 7.22. The molecule has 25 heavy (non-hydrogen) atoms. The molecule has 0 aliphatic carbocycles. The molecule has 0 saturated heterocycles. The van der Waals surface area contributed by atoms with E-state index in [4.69, 9.17) is 4.42 Å². The fourth-order valence-electron chi connectivity index (χ4n) is 2.54. The number of carbonyl (C=O) groups excluding carboxylic acids is 1. The molecule has 0 aliphatic heterocycles. The van der Waals surface area contributed by atoms with Crippen molar-refractivity contribution in [1.29, 1.82) is 0 Å². The molecule has 1 heterocycles. The summed E-state index contributed by atoms with van der Waals surface area (Å²) in [6, 6.07) is 11.0. The Morgan fingerprint density at radius 3 is 2.32 bits per heavy atom. The van der Waals surface area contributed by atoms with Gasteiger partial charge in [0, 0.05) is 17.9 Å². The number of amides is 1. The maximum Gasteiger partial charge on any atom is 0.450 e. The molecule has 3 aromatic rings. The van der Waals surface area contributed by atoms with Crippen LogP contribution in [0, 0.1) is 5.82 Å². The fraction of sp³-hybridized carbons (Fsp3) is 0.111. The summed E-state index contributed by atoms with van der Waals surface area (Å²) in [6.45, 7) is 1.08. The van der Waals surface area contributed by atoms with Crippen LogP contribution >= 0.6 is 0 Å². The first kappa shape index (κ1) is 16.9. The van der Waals surface area contributed by atoms with Crippen molar-refractivity contribution in [3.8, 4) is 0 Å². The van der Waals surface area contributed by atoms with Crippen LogP contribution < -0.4 is 0 Å². The number of alkyl halides is 3. The molecule has 2 aromatic carbocycles. The number of benzene rings is 2. The zero-order valence-electron chi connectivity index (χ0n) is 12.9. The van der Waals surface area contributed by atoms with Gasteiger partial charge in [0.1, 0.15) is 11.4 Å². The number of nitrogens with zero attached hydrogens (tertiary/aromatic N) is 1. The van der Waals surface area contributed by atoms with Crippen molar-refractivity contribution < 1.29 is 26.8 Å². The third-order valence-corrected chi connectivity index (χ3v) is 3.49. The van der Waals surface area contributed by atoms with E-state index in [1.165, 1.54) is 42.5 Å². The zero-order valence-corrected chi connectivity index (χ0v) is 12.9. The molecule has 3 rings (SSSR count). The number of aliphatic imine (C=N–C) groups is 1. The smallest absolute Gasteiger partial charge is 0.450 e. The first-order chi connectivity index (χ1) is 11.8. The monoisotopic (exact) mass is 349 g/mol. The quantitative estimate of drug-likeness (QED) is 0.484. The molecular weight excluding hydrogens is 338 g/mol. The van der Waals surface area contributed by atoms with Gasteiger partial charge in [0.15, 0.2) is 0 Å². The number of hydrogen-bond donors (Lipinski definition) is 0. The maximum atomic E-state index is 14.2. The Kier molecular flexibility index (Phi) is 4.16. The Balaban J connectivity index is 2.42. The largest absolute Gasteiger partial charge is 0.451 e. The van der Waals surface area contributed by atoms with Crippen LogP contribution in [0.4, 0.5) is 17.6 Å². The minimum absolute atomic E-state index is 0.0302. The number of carbonyl (C=O) groups is 1. The molecule has 0 N–H and O–H groups in total. The lowest BCUT2D eigenvalue weighted by molar-refractivity contribution is -0.152. The molecule has 128 valence electrons. The average molecular weight is 349 g/mol. The molecule has 0 unspecified atom stereocenters. The minimum Gasteiger partial charge on any atom is -0.451 e. The normalized spacial score (nSPS) is 12.6. The fourth-order valence-corrected chi connectivity index (χ4v) is 2.54. The van der Waals surface area contributed by atoms with Crippen molar-refractivity contribution >= 4 is 22.6 Å². The van der Waals surface area contributed by atoms with Gasteiger partial charge in [0.05, 0.1) is 11.3 Å². The highest BCUT2D eigenvalue weighted by molar-refractivity contribution is 6.22. The number of halogens is 4. The van der Waals surface area contributed by atoms with E-state index in [2.05, 4.69) is 4.99 Å². The minimum atomic E-state index is -4.84. The summed E-state index contributed by atoms with van der Waals surface area (Å²) in [7, 11) is 0. The number of fused-ring (bicyclic) bond motifs is 1. The Bertz CT molecular complexity index is 986. The van der Waals surface area contributed by atoms with Crippen molar-refractivity contribution in [3.05, 3.63) is 71.2 Å². The second-order valence-corrected chi connectivity index (χ2v) is 5.26. The molecule has 0 saturated carbocycles. The second-order valence-electron chi connectivity index (χ2n) is 5.26. The number of para-hydroxylation sites is 1. The molecule has 0 fully saturated rings. The van der Waals surface area contributed by atoms with Gasteiger partial charge in [-0.3, -0.25) is 4.79 Å². The number of rotatable bonds is 2. The van der Waals surface area contributed by atoms with Crippen LogP contribution in [-0.2, 0) is 11.0 Å². The van der Waals surface area contributed by atoms with Gasteiger partial charge in [0.2, 0.25) is 11.7 Å². The van der Waals surface area contributed by atoms with Crippen LogP contribution in [0.15, 0.2) is 57.9 Å². The van der Waals surface area contributed by atoms with E-state index >= 15 is 0 Å². The first-order valence-electron chi connectivity index (χ1n) is 7.22. The highest BCUT2D eigenvalue weighted by atomic mass is 19.4. The molecule has 0 bridgehead atoms. The molecule has 7 heteroatoms. The van der Waals surface area contributed by atoms with Crippen LogP contribution in [0.5, 0.6) is 0 Å². The molecule has 1 amide bonds. The van der Waals surface area contributed by atoms with Crippen molar-refractivity contribution in [2.24, 2.45) is 4.99 Å². The maximum absolute atomic E-state index is 14.2. The highest BCUT2D eigenvalue weighted by Crippen LogP contribution is 2.39. The van der Waals surface area contributed by atoms with E-state index in [0.29, 0.717) is 0 Å². The Morgan fingerprint density at radius 1 is 1.04 bits per heavy atom. The van der Waals surface area contributed by atoms with Gasteiger partial charge >= 0.3 is 6.18 Å². The lowest BCUT2D eigenvalue weighted by Gasteiger charge is -2.10. The summed E-state index contributed by atoms with van der Waals surface area (Å²) in [4.78, 5) is 15.2. The molecule has 0 atom stereocenters. The van der Waals surface area contributed by atoms with Crippen LogP contribution in [-0.4, -0.2) is 11.6 Å². The molecule has 0 aliphatic rings. The van der Waals surface area contributed by atoms with Gasteiger partial charge in [-0.1, -0.05) is 30.3 Å². The molecule has 3 nitrogen and oxygen atoms in total. The third-order valence-electron chi connectivity index (χ3n) is 3.49. The van der Waals surface area contributed by atoms with Crippen LogP contribution in [0.25, 0.3) is 11.0 Å². The van der Waals surface area contributed by atoms with Gasteiger partial charge in [-0.2, -0.15) is 13.2 Å². The molecule has 1 aromatic heterocycles. The zero-order chi connectivity index (χ0) is 18.2. The Labute approximate surface area is 139 Å². The summed E-state index contributed by atoms with van der Waals surface area (Å²) in [6.07, 6.45) is -4.84. The van der Waals surface area contributed by atoms with E-state index in [1.54, 1.807) is 0 Å². The lowest BCUT2D eigenvalue weighted by atomic mass is 9.98. The summed E-state index contributed by atoms with van der Waals surface area (Å²) >= 11 is 0. The SMILES string of the molecule is CC(=O)N=C(c1ccccc1F)c1c(C(F)(F)F)oc2ccccc12.